The first-order valence-electron chi connectivity index (χ1n) is 8.43. The van der Waals surface area contributed by atoms with Gasteiger partial charge in [0.15, 0.2) is 6.61 Å². The highest BCUT2D eigenvalue weighted by Crippen LogP contribution is 2.39. The Morgan fingerprint density at radius 1 is 1.37 bits per heavy atom. The first kappa shape index (κ1) is 20.5. The zero-order chi connectivity index (χ0) is 20.0. The number of amides is 3. The van der Waals surface area contributed by atoms with Crippen LogP contribution in [0, 0.1) is 17.2 Å². The Morgan fingerprint density at radius 3 is 2.52 bits per heavy atom. The number of hydrogen-bond donors (Lipinski definition) is 3. The highest BCUT2D eigenvalue weighted by molar-refractivity contribution is 6.30. The summed E-state index contributed by atoms with van der Waals surface area (Å²) in [6, 6.07) is 7.11. The van der Waals surface area contributed by atoms with Crippen LogP contribution in [0.5, 0.6) is 0 Å². The number of nitriles is 1. The smallest absolute Gasteiger partial charge is 0.312 e. The summed E-state index contributed by atoms with van der Waals surface area (Å²) in [6.45, 7) is 1.14. The van der Waals surface area contributed by atoms with E-state index in [1.807, 2.05) is 0 Å². The summed E-state index contributed by atoms with van der Waals surface area (Å²) in [6.07, 6.45) is 1.55. The number of halogens is 1. The summed E-state index contributed by atoms with van der Waals surface area (Å²) in [5, 5.41) is 14.8. The van der Waals surface area contributed by atoms with Crippen molar-refractivity contribution in [3.8, 4) is 6.07 Å². The molecular formula is C18H21ClN4O4. The lowest BCUT2D eigenvalue weighted by Gasteiger charge is -2.23. The number of carbonyl (C=O) groups is 3. The van der Waals surface area contributed by atoms with Crippen molar-refractivity contribution in [2.75, 3.05) is 6.61 Å². The van der Waals surface area contributed by atoms with Gasteiger partial charge in [-0.1, -0.05) is 23.7 Å². The van der Waals surface area contributed by atoms with Crippen molar-refractivity contribution < 1.29 is 19.1 Å². The maximum atomic E-state index is 12.1. The third-order valence-corrected chi connectivity index (χ3v) is 4.60. The molecular weight excluding hydrogens is 372 g/mol. The fourth-order valence-electron chi connectivity index (χ4n) is 2.70. The third kappa shape index (κ3) is 6.15. The second kappa shape index (κ2) is 8.73. The van der Waals surface area contributed by atoms with E-state index in [0.29, 0.717) is 10.6 Å². The van der Waals surface area contributed by atoms with Crippen molar-refractivity contribution >= 4 is 29.5 Å². The zero-order valence-corrected chi connectivity index (χ0v) is 15.6. The molecule has 2 atom stereocenters. The molecule has 1 aromatic carbocycles. The molecule has 2 rings (SSSR count). The van der Waals surface area contributed by atoms with E-state index in [-0.39, 0.29) is 12.3 Å². The lowest BCUT2D eigenvalue weighted by Crippen LogP contribution is -2.48. The number of nitrogens with two attached hydrogens (primary N) is 1. The van der Waals surface area contributed by atoms with Crippen LogP contribution in [0.1, 0.15) is 37.8 Å². The number of rotatable bonds is 8. The second-order valence-electron chi connectivity index (χ2n) is 6.61. The van der Waals surface area contributed by atoms with Crippen LogP contribution >= 0.6 is 11.6 Å². The average molecular weight is 393 g/mol. The van der Waals surface area contributed by atoms with E-state index >= 15 is 0 Å². The van der Waals surface area contributed by atoms with Crippen LogP contribution in [-0.2, 0) is 14.3 Å². The van der Waals surface area contributed by atoms with Crippen molar-refractivity contribution in [2.24, 2.45) is 11.7 Å². The average Bonchev–Trinajstić information content (AvgIpc) is 3.45. The van der Waals surface area contributed by atoms with Gasteiger partial charge in [0.05, 0.1) is 18.5 Å². The van der Waals surface area contributed by atoms with Crippen LogP contribution in [0.4, 0.5) is 4.79 Å². The summed E-state index contributed by atoms with van der Waals surface area (Å²) >= 11 is 5.83. The van der Waals surface area contributed by atoms with E-state index in [1.165, 1.54) is 0 Å². The number of nitrogens with one attached hydrogen (secondary N) is 2. The van der Waals surface area contributed by atoms with Crippen molar-refractivity contribution in [3.63, 3.8) is 0 Å². The van der Waals surface area contributed by atoms with E-state index in [0.717, 1.165) is 12.8 Å². The lowest BCUT2D eigenvalue weighted by molar-refractivity contribution is -0.149. The number of hydrogen-bond acceptors (Lipinski definition) is 5. The quantitative estimate of drug-likeness (QED) is 0.580. The number of urea groups is 1. The minimum Gasteiger partial charge on any atom is -0.456 e. The zero-order valence-electron chi connectivity index (χ0n) is 14.8. The van der Waals surface area contributed by atoms with Gasteiger partial charge in [-0.25, -0.2) is 4.79 Å². The van der Waals surface area contributed by atoms with Gasteiger partial charge in [0.2, 0.25) is 0 Å². The normalized spacial score (nSPS) is 16.3. The van der Waals surface area contributed by atoms with Crippen LogP contribution in [-0.4, -0.2) is 30.1 Å². The van der Waals surface area contributed by atoms with Gasteiger partial charge in [0.1, 0.15) is 5.54 Å². The molecule has 0 aromatic heterocycles. The van der Waals surface area contributed by atoms with Gasteiger partial charge in [-0.15, -0.1) is 0 Å². The Bertz CT molecular complexity index is 758. The Balaban J connectivity index is 1.89. The van der Waals surface area contributed by atoms with Crippen molar-refractivity contribution in [1.29, 1.82) is 5.26 Å². The lowest BCUT2D eigenvalue weighted by atomic mass is 9.98. The van der Waals surface area contributed by atoms with E-state index in [1.54, 1.807) is 31.2 Å². The van der Waals surface area contributed by atoms with E-state index in [9.17, 15) is 19.6 Å². The molecule has 8 nitrogen and oxygen atoms in total. The van der Waals surface area contributed by atoms with Crippen LogP contribution in [0.25, 0.3) is 0 Å². The Morgan fingerprint density at radius 2 is 2.00 bits per heavy atom. The predicted octanol–water partition coefficient (Wildman–Crippen LogP) is 1.79. The topological polar surface area (TPSA) is 134 Å². The van der Waals surface area contributed by atoms with Crippen molar-refractivity contribution in [2.45, 2.75) is 37.8 Å². The minimum absolute atomic E-state index is 0.121. The van der Waals surface area contributed by atoms with Crippen LogP contribution in [0.15, 0.2) is 24.3 Å². The first-order chi connectivity index (χ1) is 12.7. The molecule has 0 spiro atoms. The summed E-state index contributed by atoms with van der Waals surface area (Å²) in [5.41, 5.74) is 4.82. The largest absolute Gasteiger partial charge is 0.456 e. The summed E-state index contributed by atoms with van der Waals surface area (Å²) in [7, 11) is 0. The number of ether oxygens (including phenoxy) is 1. The monoisotopic (exact) mass is 392 g/mol. The molecule has 0 unspecified atom stereocenters. The second-order valence-corrected chi connectivity index (χ2v) is 7.05. The molecule has 3 amide bonds. The fourth-order valence-corrected chi connectivity index (χ4v) is 2.82. The molecule has 4 N–H and O–H groups in total. The molecule has 1 aliphatic carbocycles. The first-order valence-corrected chi connectivity index (χ1v) is 8.80. The van der Waals surface area contributed by atoms with Crippen LogP contribution in [0.2, 0.25) is 5.02 Å². The molecule has 27 heavy (non-hydrogen) atoms. The molecule has 0 saturated heterocycles. The van der Waals surface area contributed by atoms with E-state index in [2.05, 4.69) is 16.7 Å². The Labute approximate surface area is 162 Å². The molecule has 1 aliphatic rings. The Hall–Kier alpha value is -2.79. The molecule has 144 valence electrons. The molecule has 1 saturated carbocycles. The Kier molecular flexibility index (Phi) is 6.64. The maximum absolute atomic E-state index is 12.1. The molecule has 0 radical (unpaired) electrons. The van der Waals surface area contributed by atoms with Crippen molar-refractivity contribution in [1.82, 2.24) is 10.6 Å². The number of esters is 1. The highest BCUT2D eigenvalue weighted by Gasteiger charge is 2.43. The maximum Gasteiger partial charge on any atom is 0.312 e. The molecule has 0 heterocycles. The van der Waals surface area contributed by atoms with Gasteiger partial charge >= 0.3 is 12.0 Å². The molecule has 0 bridgehead atoms. The van der Waals surface area contributed by atoms with Gasteiger partial charge in [-0.2, -0.15) is 5.26 Å². The predicted molar refractivity (Wildman–Crippen MR) is 97.4 cm³/mol. The van der Waals surface area contributed by atoms with Crippen LogP contribution < -0.4 is 16.4 Å². The highest BCUT2D eigenvalue weighted by atomic mass is 35.5. The molecule has 1 fully saturated rings. The summed E-state index contributed by atoms with van der Waals surface area (Å²) in [5.74, 6) is -1.12. The standard InChI is InChI=1S/C18H21ClN4O4/c1-18(10-20,12-4-5-12)23-15(24)9-27-16(25)8-14(22-17(21)26)11-2-6-13(19)7-3-11/h2-3,6-7,12,14H,4-5,8-9H2,1H3,(H,23,24)(H3,21,22,26)/t14-,18+/m0/s1. The SMILES string of the molecule is C[C@](C#N)(NC(=O)COC(=O)C[C@H](NC(N)=O)c1ccc(Cl)cc1)C1CC1. The third-order valence-electron chi connectivity index (χ3n) is 4.35. The van der Waals surface area contributed by atoms with Gasteiger partial charge in [0.25, 0.3) is 5.91 Å². The van der Waals surface area contributed by atoms with E-state index < -0.39 is 36.1 Å². The van der Waals surface area contributed by atoms with Gasteiger partial charge in [-0.05, 0) is 43.4 Å². The fraction of sp³-hybridized carbons (Fsp3) is 0.444. The number of carbonyl (C=O) groups excluding carboxylic acids is 3. The number of primary amides is 1. The minimum atomic E-state index is -0.955. The molecule has 0 aliphatic heterocycles. The van der Waals surface area contributed by atoms with Crippen molar-refractivity contribution in [3.05, 3.63) is 34.9 Å². The summed E-state index contributed by atoms with van der Waals surface area (Å²) in [4.78, 5) is 35.3. The number of benzene rings is 1. The van der Waals surface area contributed by atoms with Gasteiger partial charge < -0.3 is 21.1 Å². The molecule has 1 aromatic rings. The van der Waals surface area contributed by atoms with Crippen LogP contribution in [0.3, 0.4) is 0 Å². The van der Waals surface area contributed by atoms with Gasteiger partial charge in [-0.3, -0.25) is 9.59 Å². The number of nitrogens with zero attached hydrogens (tertiary/aromatic N) is 1. The van der Waals surface area contributed by atoms with Gasteiger partial charge in [0, 0.05) is 5.02 Å². The summed E-state index contributed by atoms with van der Waals surface area (Å²) < 4.78 is 4.97. The molecule has 9 heteroatoms. The van der Waals surface area contributed by atoms with E-state index in [4.69, 9.17) is 22.1 Å².